The number of benzene rings is 1. The van der Waals surface area contributed by atoms with Gasteiger partial charge in [-0.05, 0) is 26.0 Å². The first kappa shape index (κ1) is 11.8. The van der Waals surface area contributed by atoms with E-state index in [0.29, 0.717) is 12.1 Å². The molecule has 0 bridgehead atoms. The molecule has 0 radical (unpaired) electrons. The van der Waals surface area contributed by atoms with E-state index in [4.69, 9.17) is 4.42 Å². The molecule has 1 fully saturated rings. The number of hydrogen-bond acceptors (Lipinski definition) is 3. The molecule has 2 atom stereocenters. The molecular weight excluding hydrogens is 224 g/mol. The highest BCUT2D eigenvalue weighted by molar-refractivity contribution is 5.77. The van der Waals surface area contributed by atoms with Gasteiger partial charge in [0.2, 0.25) is 0 Å². The molecule has 1 saturated heterocycles. The van der Waals surface area contributed by atoms with Gasteiger partial charge in [0.05, 0.1) is 6.54 Å². The van der Waals surface area contributed by atoms with Gasteiger partial charge in [-0.1, -0.05) is 18.2 Å². The van der Waals surface area contributed by atoms with Crippen molar-refractivity contribution in [1.29, 1.82) is 0 Å². The van der Waals surface area contributed by atoms with Crippen LogP contribution in [-0.4, -0.2) is 30.1 Å². The number of piperazine rings is 1. The number of rotatable bonds is 2. The maximum Gasteiger partial charge on any atom is 0.134 e. The van der Waals surface area contributed by atoms with Gasteiger partial charge < -0.3 is 9.73 Å². The maximum atomic E-state index is 5.88. The largest absolute Gasteiger partial charge is 0.460 e. The Kier molecular flexibility index (Phi) is 3.10. The van der Waals surface area contributed by atoms with Crippen molar-refractivity contribution in [1.82, 2.24) is 10.2 Å². The molecule has 1 aliphatic rings. The van der Waals surface area contributed by atoms with Gasteiger partial charge in [-0.2, -0.15) is 0 Å². The lowest BCUT2D eigenvalue weighted by Crippen LogP contribution is -2.53. The molecule has 2 aromatic rings. The number of hydrogen-bond donors (Lipinski definition) is 1. The minimum Gasteiger partial charge on any atom is -0.460 e. The normalized spacial score (nSPS) is 25.7. The number of furan rings is 1. The highest BCUT2D eigenvalue weighted by Crippen LogP contribution is 2.20. The van der Waals surface area contributed by atoms with Crippen LogP contribution in [0.1, 0.15) is 19.6 Å². The summed E-state index contributed by atoms with van der Waals surface area (Å²) in [6, 6.07) is 11.5. The van der Waals surface area contributed by atoms with Crippen molar-refractivity contribution in [2.24, 2.45) is 0 Å². The number of para-hydroxylation sites is 1. The Hall–Kier alpha value is -1.32. The summed E-state index contributed by atoms with van der Waals surface area (Å²) in [4.78, 5) is 2.46. The predicted octanol–water partition coefficient (Wildman–Crippen LogP) is 2.62. The maximum absolute atomic E-state index is 5.88. The average Bonchev–Trinajstić information content (AvgIpc) is 2.69. The van der Waals surface area contributed by atoms with Crippen molar-refractivity contribution in [3.63, 3.8) is 0 Å². The summed E-state index contributed by atoms with van der Waals surface area (Å²) in [6.45, 7) is 7.55. The van der Waals surface area contributed by atoms with E-state index in [1.807, 2.05) is 12.1 Å². The van der Waals surface area contributed by atoms with Gasteiger partial charge in [-0.3, -0.25) is 4.90 Å². The molecule has 3 heteroatoms. The van der Waals surface area contributed by atoms with Crippen LogP contribution in [-0.2, 0) is 6.54 Å². The zero-order valence-electron chi connectivity index (χ0n) is 11.0. The standard InChI is InChI=1S/C15H20N2O/c1-11-8-17(9-12(2)16-11)10-14-7-13-5-3-4-6-15(13)18-14/h3-7,11-12,16H,8-10H2,1-2H3. The zero-order chi connectivity index (χ0) is 12.5. The lowest BCUT2D eigenvalue weighted by Gasteiger charge is -2.35. The summed E-state index contributed by atoms with van der Waals surface area (Å²) < 4.78 is 5.88. The van der Waals surface area contributed by atoms with Crippen LogP contribution in [0.2, 0.25) is 0 Å². The molecule has 2 heterocycles. The smallest absolute Gasteiger partial charge is 0.134 e. The van der Waals surface area contributed by atoms with Crippen LogP contribution in [0.3, 0.4) is 0 Å². The van der Waals surface area contributed by atoms with Crippen LogP contribution in [0.4, 0.5) is 0 Å². The van der Waals surface area contributed by atoms with Crippen LogP contribution >= 0.6 is 0 Å². The highest BCUT2D eigenvalue weighted by atomic mass is 16.3. The average molecular weight is 244 g/mol. The number of fused-ring (bicyclic) bond motifs is 1. The Morgan fingerprint density at radius 1 is 1.22 bits per heavy atom. The van der Waals surface area contributed by atoms with Crippen molar-refractivity contribution in [3.05, 3.63) is 36.1 Å². The fourth-order valence-corrected chi connectivity index (χ4v) is 2.90. The molecule has 18 heavy (non-hydrogen) atoms. The minimum atomic E-state index is 0.554. The van der Waals surface area contributed by atoms with Gasteiger partial charge >= 0.3 is 0 Å². The third kappa shape index (κ3) is 2.42. The molecule has 3 nitrogen and oxygen atoms in total. The minimum absolute atomic E-state index is 0.554. The van der Waals surface area contributed by atoms with E-state index in [-0.39, 0.29) is 0 Å². The van der Waals surface area contributed by atoms with E-state index in [2.05, 4.69) is 42.3 Å². The Bertz CT molecular complexity index is 491. The summed E-state index contributed by atoms with van der Waals surface area (Å²) >= 11 is 0. The first-order chi connectivity index (χ1) is 8.70. The van der Waals surface area contributed by atoms with Gasteiger partial charge in [-0.15, -0.1) is 0 Å². The van der Waals surface area contributed by atoms with Crippen LogP contribution in [0.15, 0.2) is 34.7 Å². The second kappa shape index (κ2) is 4.75. The zero-order valence-corrected chi connectivity index (χ0v) is 11.0. The molecule has 0 aliphatic carbocycles. The third-order valence-electron chi connectivity index (χ3n) is 3.49. The number of nitrogens with one attached hydrogen (secondary N) is 1. The molecule has 0 amide bonds. The Morgan fingerprint density at radius 2 is 1.94 bits per heavy atom. The van der Waals surface area contributed by atoms with Gasteiger partial charge in [0.25, 0.3) is 0 Å². The van der Waals surface area contributed by atoms with E-state index in [1.54, 1.807) is 0 Å². The van der Waals surface area contributed by atoms with Crippen LogP contribution in [0.5, 0.6) is 0 Å². The van der Waals surface area contributed by atoms with E-state index in [0.717, 1.165) is 31.0 Å². The Balaban J connectivity index is 1.75. The molecule has 1 aromatic heterocycles. The van der Waals surface area contributed by atoms with E-state index in [9.17, 15) is 0 Å². The SMILES string of the molecule is CC1CN(Cc2cc3ccccc3o2)CC(C)N1. The molecule has 96 valence electrons. The Labute approximate surface area is 108 Å². The molecule has 3 rings (SSSR count). The first-order valence-corrected chi connectivity index (χ1v) is 6.66. The molecule has 0 saturated carbocycles. The fourth-order valence-electron chi connectivity index (χ4n) is 2.90. The molecule has 2 unspecified atom stereocenters. The van der Waals surface area contributed by atoms with E-state index >= 15 is 0 Å². The van der Waals surface area contributed by atoms with Crippen molar-refractivity contribution in [2.75, 3.05) is 13.1 Å². The lowest BCUT2D eigenvalue weighted by molar-refractivity contribution is 0.157. The first-order valence-electron chi connectivity index (χ1n) is 6.66. The second-order valence-corrected chi connectivity index (χ2v) is 5.41. The van der Waals surface area contributed by atoms with Crippen LogP contribution in [0.25, 0.3) is 11.0 Å². The van der Waals surface area contributed by atoms with Crippen LogP contribution < -0.4 is 5.32 Å². The second-order valence-electron chi connectivity index (χ2n) is 5.41. The molecular formula is C15H20N2O. The third-order valence-corrected chi connectivity index (χ3v) is 3.49. The molecule has 1 aliphatic heterocycles. The summed E-state index contributed by atoms with van der Waals surface area (Å²) in [5, 5.41) is 4.75. The van der Waals surface area contributed by atoms with Gasteiger partial charge in [0.15, 0.2) is 0 Å². The molecule has 1 N–H and O–H groups in total. The summed E-state index contributed by atoms with van der Waals surface area (Å²) in [5.74, 6) is 1.07. The Morgan fingerprint density at radius 3 is 2.67 bits per heavy atom. The van der Waals surface area contributed by atoms with E-state index < -0.39 is 0 Å². The van der Waals surface area contributed by atoms with Crippen molar-refractivity contribution < 1.29 is 4.42 Å². The fraction of sp³-hybridized carbons (Fsp3) is 0.467. The van der Waals surface area contributed by atoms with Crippen molar-refractivity contribution >= 4 is 11.0 Å². The predicted molar refractivity (Wildman–Crippen MR) is 73.6 cm³/mol. The topological polar surface area (TPSA) is 28.4 Å². The van der Waals surface area contributed by atoms with Crippen molar-refractivity contribution in [2.45, 2.75) is 32.5 Å². The summed E-state index contributed by atoms with van der Waals surface area (Å²) in [6.07, 6.45) is 0. The van der Waals surface area contributed by atoms with E-state index in [1.165, 1.54) is 5.39 Å². The van der Waals surface area contributed by atoms with Crippen LogP contribution in [0, 0.1) is 0 Å². The summed E-state index contributed by atoms with van der Waals surface area (Å²) in [5.41, 5.74) is 0.990. The van der Waals surface area contributed by atoms with Crippen molar-refractivity contribution in [3.8, 4) is 0 Å². The molecule has 0 spiro atoms. The monoisotopic (exact) mass is 244 g/mol. The number of nitrogens with zero attached hydrogens (tertiary/aromatic N) is 1. The molecule has 1 aromatic carbocycles. The quantitative estimate of drug-likeness (QED) is 0.880. The van der Waals surface area contributed by atoms with Gasteiger partial charge in [0, 0.05) is 30.6 Å². The van der Waals surface area contributed by atoms with Gasteiger partial charge in [0.1, 0.15) is 11.3 Å². The van der Waals surface area contributed by atoms with Gasteiger partial charge in [-0.25, -0.2) is 0 Å². The lowest BCUT2D eigenvalue weighted by atomic mass is 10.1. The summed E-state index contributed by atoms with van der Waals surface area (Å²) in [7, 11) is 0. The highest BCUT2D eigenvalue weighted by Gasteiger charge is 2.21.